The zero-order chi connectivity index (χ0) is 15.5. The molecule has 1 N–H and O–H groups in total. The summed E-state index contributed by atoms with van der Waals surface area (Å²) < 4.78 is 22.7. The number of carbonyl (C=O) groups is 1. The van der Waals surface area contributed by atoms with Gasteiger partial charge in [0.15, 0.2) is 0 Å². The van der Waals surface area contributed by atoms with Crippen molar-refractivity contribution in [2.24, 2.45) is 0 Å². The Bertz CT molecular complexity index is 527. The Balaban J connectivity index is 2.38. The molecule has 0 saturated carbocycles. The molecule has 1 amide bonds. The van der Waals surface area contributed by atoms with E-state index in [1.54, 1.807) is 0 Å². The Morgan fingerprint density at radius 1 is 1.33 bits per heavy atom. The van der Waals surface area contributed by atoms with Crippen molar-refractivity contribution in [1.29, 1.82) is 0 Å². The molecule has 0 aromatic heterocycles. The van der Waals surface area contributed by atoms with Crippen LogP contribution in [0.5, 0.6) is 0 Å². The van der Waals surface area contributed by atoms with Crippen LogP contribution in [0.1, 0.15) is 24.4 Å². The Kier molecular flexibility index (Phi) is 5.17. The summed E-state index contributed by atoms with van der Waals surface area (Å²) in [5, 5.41) is 9.72. The first-order valence-electron chi connectivity index (χ1n) is 6.75. The number of nitrogens with zero attached hydrogens (tertiary/aromatic N) is 1. The summed E-state index contributed by atoms with van der Waals surface area (Å²) in [6.07, 6.45) is 0.659. The van der Waals surface area contributed by atoms with Gasteiger partial charge in [0.05, 0.1) is 12.6 Å². The Labute approximate surface area is 124 Å². The molecule has 0 aliphatic carbocycles. The molecule has 1 saturated heterocycles. The van der Waals surface area contributed by atoms with Gasteiger partial charge in [0.25, 0.3) is 0 Å². The molecule has 7 heteroatoms. The van der Waals surface area contributed by atoms with Gasteiger partial charge in [-0.15, -0.1) is 0 Å². The molecule has 0 radical (unpaired) electrons. The second kappa shape index (κ2) is 6.71. The van der Waals surface area contributed by atoms with Gasteiger partial charge in [0.1, 0.15) is 5.78 Å². The van der Waals surface area contributed by atoms with Crippen LogP contribution in [0.15, 0.2) is 30.3 Å². The maximum absolute atomic E-state index is 12.6. The lowest BCUT2D eigenvalue weighted by Gasteiger charge is -2.34. The van der Waals surface area contributed by atoms with Crippen molar-refractivity contribution in [3.8, 4) is 0 Å². The van der Waals surface area contributed by atoms with E-state index >= 15 is 0 Å². The minimum atomic E-state index is -3.42. The van der Waals surface area contributed by atoms with E-state index in [4.69, 9.17) is 9.05 Å². The molecule has 1 aromatic rings. The minimum Gasteiger partial charge on any atom is -0.394 e. The predicted molar refractivity (Wildman–Crippen MR) is 77.8 cm³/mol. The standard InChI is InChI=1S/C14H20NO5P/c1-19-21(18,20-2)14-9-8-13(17)15(14)12(10-16)11-6-4-3-5-7-11/h3-7,12,14,16H,8-10H2,1-2H3/t12-,14+/m0/s1. The van der Waals surface area contributed by atoms with Crippen molar-refractivity contribution in [3.63, 3.8) is 0 Å². The summed E-state index contributed by atoms with van der Waals surface area (Å²) >= 11 is 0. The maximum atomic E-state index is 12.6. The smallest absolute Gasteiger partial charge is 0.352 e. The zero-order valence-electron chi connectivity index (χ0n) is 12.1. The number of aliphatic hydroxyl groups excluding tert-OH is 1. The van der Waals surface area contributed by atoms with Crippen LogP contribution in [0, 0.1) is 0 Å². The third kappa shape index (κ3) is 3.04. The quantitative estimate of drug-likeness (QED) is 0.814. The highest BCUT2D eigenvalue weighted by atomic mass is 31.2. The predicted octanol–water partition coefficient (Wildman–Crippen LogP) is 2.15. The van der Waals surface area contributed by atoms with Gasteiger partial charge >= 0.3 is 7.60 Å². The summed E-state index contributed by atoms with van der Waals surface area (Å²) in [4.78, 5) is 13.7. The van der Waals surface area contributed by atoms with Crippen molar-refractivity contribution >= 4 is 13.5 Å². The number of rotatable bonds is 6. The van der Waals surface area contributed by atoms with E-state index in [0.717, 1.165) is 5.56 Å². The maximum Gasteiger partial charge on any atom is 0.352 e. The first kappa shape index (κ1) is 16.2. The highest BCUT2D eigenvalue weighted by molar-refractivity contribution is 7.54. The van der Waals surface area contributed by atoms with Gasteiger partial charge in [-0.2, -0.15) is 0 Å². The summed E-state index contributed by atoms with van der Waals surface area (Å²) in [7, 11) is -0.801. The monoisotopic (exact) mass is 313 g/mol. The number of likely N-dealkylation sites (tertiary alicyclic amines) is 1. The van der Waals surface area contributed by atoms with Crippen molar-refractivity contribution in [2.45, 2.75) is 24.7 Å². The Hall–Kier alpha value is -1.20. The lowest BCUT2D eigenvalue weighted by Crippen LogP contribution is -2.38. The molecule has 0 unspecified atom stereocenters. The molecule has 1 aliphatic heterocycles. The fourth-order valence-corrected chi connectivity index (χ4v) is 4.40. The normalized spacial score (nSPS) is 20.8. The summed E-state index contributed by atoms with van der Waals surface area (Å²) in [6, 6.07) is 8.63. The third-order valence-electron chi connectivity index (χ3n) is 3.79. The molecule has 1 heterocycles. The summed E-state index contributed by atoms with van der Waals surface area (Å²) in [5.41, 5.74) is 0.791. The van der Waals surface area contributed by atoms with Gasteiger partial charge in [-0.25, -0.2) is 0 Å². The highest BCUT2D eigenvalue weighted by Gasteiger charge is 2.47. The average molecular weight is 313 g/mol. The molecule has 1 aliphatic rings. The molecule has 0 spiro atoms. The molecular weight excluding hydrogens is 293 g/mol. The van der Waals surface area contributed by atoms with Crippen LogP contribution in [0.4, 0.5) is 0 Å². The molecule has 116 valence electrons. The molecule has 1 fully saturated rings. The molecule has 1 aromatic carbocycles. The van der Waals surface area contributed by atoms with E-state index in [-0.39, 0.29) is 18.9 Å². The van der Waals surface area contributed by atoms with E-state index in [1.807, 2.05) is 30.3 Å². The van der Waals surface area contributed by atoms with E-state index in [9.17, 15) is 14.5 Å². The van der Waals surface area contributed by atoms with E-state index in [1.165, 1.54) is 19.1 Å². The van der Waals surface area contributed by atoms with E-state index < -0.39 is 19.4 Å². The van der Waals surface area contributed by atoms with Crippen molar-refractivity contribution in [1.82, 2.24) is 4.90 Å². The number of carbonyl (C=O) groups excluding carboxylic acids is 1. The number of hydrogen-bond acceptors (Lipinski definition) is 5. The van der Waals surface area contributed by atoms with Crippen LogP contribution < -0.4 is 0 Å². The molecular formula is C14H20NO5P. The summed E-state index contributed by atoms with van der Waals surface area (Å²) in [5.74, 6) is -0.824. The minimum absolute atomic E-state index is 0.155. The Morgan fingerprint density at radius 2 is 1.95 bits per heavy atom. The van der Waals surface area contributed by atoms with Gasteiger partial charge in [0.2, 0.25) is 5.91 Å². The fourth-order valence-electron chi connectivity index (χ4n) is 2.73. The Morgan fingerprint density at radius 3 is 2.48 bits per heavy atom. The van der Waals surface area contributed by atoms with E-state index in [2.05, 4.69) is 0 Å². The van der Waals surface area contributed by atoms with Crippen molar-refractivity contribution < 1.29 is 23.5 Å². The molecule has 2 atom stereocenters. The molecule has 0 bridgehead atoms. The van der Waals surface area contributed by atoms with Crippen LogP contribution in [-0.2, 0) is 18.4 Å². The molecule has 21 heavy (non-hydrogen) atoms. The number of amides is 1. The van der Waals surface area contributed by atoms with Gasteiger partial charge in [-0.3, -0.25) is 9.36 Å². The second-order valence-electron chi connectivity index (χ2n) is 4.83. The van der Waals surface area contributed by atoms with Crippen LogP contribution in [-0.4, -0.2) is 42.5 Å². The molecule has 6 nitrogen and oxygen atoms in total. The number of hydrogen-bond donors (Lipinski definition) is 1. The summed E-state index contributed by atoms with van der Waals surface area (Å²) in [6.45, 7) is -0.250. The largest absolute Gasteiger partial charge is 0.394 e. The number of aliphatic hydroxyl groups is 1. The van der Waals surface area contributed by atoms with Crippen LogP contribution in [0.2, 0.25) is 0 Å². The third-order valence-corrected chi connectivity index (χ3v) is 6.05. The van der Waals surface area contributed by atoms with Crippen LogP contribution in [0.3, 0.4) is 0 Å². The van der Waals surface area contributed by atoms with Gasteiger partial charge in [-0.1, -0.05) is 30.3 Å². The van der Waals surface area contributed by atoms with Crippen LogP contribution >= 0.6 is 7.60 Å². The number of benzene rings is 1. The first-order valence-corrected chi connectivity index (χ1v) is 8.36. The van der Waals surface area contributed by atoms with E-state index in [0.29, 0.717) is 6.42 Å². The van der Waals surface area contributed by atoms with Crippen molar-refractivity contribution in [3.05, 3.63) is 35.9 Å². The van der Waals surface area contributed by atoms with Crippen LogP contribution in [0.25, 0.3) is 0 Å². The fraction of sp³-hybridized carbons (Fsp3) is 0.500. The zero-order valence-corrected chi connectivity index (χ0v) is 13.0. The van der Waals surface area contributed by atoms with Gasteiger partial charge in [-0.05, 0) is 12.0 Å². The van der Waals surface area contributed by atoms with Gasteiger partial charge in [0, 0.05) is 20.6 Å². The first-order chi connectivity index (χ1) is 10.1. The topological polar surface area (TPSA) is 76.1 Å². The highest BCUT2D eigenvalue weighted by Crippen LogP contribution is 2.57. The molecule has 2 rings (SSSR count). The van der Waals surface area contributed by atoms with Gasteiger partial charge < -0.3 is 19.1 Å². The lowest BCUT2D eigenvalue weighted by atomic mass is 10.1. The average Bonchev–Trinajstić information content (AvgIpc) is 2.91. The SMILES string of the molecule is COP(=O)(OC)[C@@H]1CCC(=O)N1[C@@H](CO)c1ccccc1. The van der Waals surface area contributed by atoms with Crippen molar-refractivity contribution in [2.75, 3.05) is 20.8 Å². The second-order valence-corrected chi connectivity index (χ2v) is 7.24. The lowest BCUT2D eigenvalue weighted by molar-refractivity contribution is -0.131.